The Labute approximate surface area is 100 Å². The fourth-order valence-electron chi connectivity index (χ4n) is 1.71. The van der Waals surface area contributed by atoms with Crippen LogP contribution in [0, 0.1) is 0 Å². The average molecular weight is 235 g/mol. The van der Waals surface area contributed by atoms with Gasteiger partial charge in [0.2, 0.25) is 0 Å². The van der Waals surface area contributed by atoms with Crippen LogP contribution in [0.1, 0.15) is 0 Å². The van der Waals surface area contributed by atoms with E-state index < -0.39 is 0 Å². The summed E-state index contributed by atoms with van der Waals surface area (Å²) >= 11 is 0. The third-order valence-electron chi connectivity index (χ3n) is 2.63. The molecule has 0 saturated heterocycles. The fourth-order valence-corrected chi connectivity index (χ4v) is 1.71. The number of rotatable bonds is 6. The molecule has 0 aromatic carbocycles. The van der Waals surface area contributed by atoms with Crippen molar-refractivity contribution in [1.29, 1.82) is 0 Å². The first-order chi connectivity index (χ1) is 8.35. The summed E-state index contributed by atoms with van der Waals surface area (Å²) in [5.74, 6) is 0.998. The Kier molecular flexibility index (Phi) is 3.95. The minimum absolute atomic E-state index is 0.0405. The molecule has 0 aliphatic heterocycles. The normalized spacial score (nSPS) is 12.8. The molecule has 1 unspecified atom stereocenters. The second kappa shape index (κ2) is 5.65. The molecule has 2 aromatic heterocycles. The maximum atomic E-state index is 5.29. The number of nitrogens with one attached hydrogen (secondary N) is 1. The number of nitrogens with zero attached hydrogens (tertiary/aromatic N) is 2. The lowest BCUT2D eigenvalue weighted by atomic mass is 10.3. The van der Waals surface area contributed by atoms with Crippen molar-refractivity contribution in [3.05, 3.63) is 30.6 Å². The second-order valence-electron chi connectivity index (χ2n) is 3.76. The first-order valence-corrected chi connectivity index (χ1v) is 5.53. The summed E-state index contributed by atoms with van der Waals surface area (Å²) in [6, 6.07) is 5.95. The van der Waals surface area contributed by atoms with Crippen LogP contribution < -0.4 is 5.32 Å². The van der Waals surface area contributed by atoms with Crippen molar-refractivity contribution in [2.24, 2.45) is 0 Å². The average Bonchev–Trinajstić information content (AvgIpc) is 2.83. The van der Waals surface area contributed by atoms with Crippen LogP contribution in [0.4, 0.5) is 5.82 Å². The lowest BCUT2D eigenvalue weighted by Crippen LogP contribution is -2.27. The van der Waals surface area contributed by atoms with Gasteiger partial charge in [-0.1, -0.05) is 6.07 Å². The molecular weight excluding hydrogens is 218 g/mol. The van der Waals surface area contributed by atoms with Crippen molar-refractivity contribution in [2.45, 2.75) is 6.10 Å². The molecule has 0 radical (unpaired) electrons. The molecule has 0 amide bonds. The summed E-state index contributed by atoms with van der Waals surface area (Å²) in [6.07, 6.45) is 3.75. The fraction of sp³-hybridized carbons (Fsp3) is 0.417. The zero-order chi connectivity index (χ0) is 12.1. The summed E-state index contributed by atoms with van der Waals surface area (Å²) in [5, 5.41) is 3.33. The molecule has 2 heterocycles. The van der Waals surface area contributed by atoms with E-state index in [1.807, 2.05) is 28.8 Å². The third kappa shape index (κ3) is 2.75. The highest BCUT2D eigenvalue weighted by Gasteiger charge is 2.07. The SMILES string of the molecule is COCC(CNc1cccc2nccn12)OC. The van der Waals surface area contributed by atoms with Gasteiger partial charge in [-0.2, -0.15) is 0 Å². The van der Waals surface area contributed by atoms with Crippen molar-refractivity contribution < 1.29 is 9.47 Å². The van der Waals surface area contributed by atoms with E-state index >= 15 is 0 Å². The van der Waals surface area contributed by atoms with Crippen LogP contribution in [0.15, 0.2) is 30.6 Å². The Morgan fingerprint density at radius 2 is 2.29 bits per heavy atom. The number of anilines is 1. The summed E-state index contributed by atoms with van der Waals surface area (Å²) in [7, 11) is 3.35. The number of fused-ring (bicyclic) bond motifs is 1. The molecule has 1 N–H and O–H groups in total. The smallest absolute Gasteiger partial charge is 0.138 e. The molecule has 0 spiro atoms. The predicted molar refractivity (Wildman–Crippen MR) is 66.4 cm³/mol. The minimum atomic E-state index is 0.0405. The van der Waals surface area contributed by atoms with E-state index in [2.05, 4.69) is 10.3 Å². The van der Waals surface area contributed by atoms with Crippen molar-refractivity contribution >= 4 is 11.5 Å². The number of pyridine rings is 1. The van der Waals surface area contributed by atoms with Crippen LogP contribution in [0.3, 0.4) is 0 Å². The quantitative estimate of drug-likeness (QED) is 0.822. The molecule has 92 valence electrons. The number of methoxy groups -OCH3 is 2. The van der Waals surface area contributed by atoms with Crippen molar-refractivity contribution in [2.75, 3.05) is 32.7 Å². The Morgan fingerprint density at radius 1 is 1.41 bits per heavy atom. The van der Waals surface area contributed by atoms with E-state index in [-0.39, 0.29) is 6.10 Å². The van der Waals surface area contributed by atoms with Crippen molar-refractivity contribution in [1.82, 2.24) is 9.38 Å². The molecule has 0 aliphatic carbocycles. The van der Waals surface area contributed by atoms with Crippen LogP contribution in [-0.4, -0.2) is 42.9 Å². The van der Waals surface area contributed by atoms with E-state index in [0.717, 1.165) is 11.5 Å². The zero-order valence-electron chi connectivity index (χ0n) is 10.1. The highest BCUT2D eigenvalue weighted by atomic mass is 16.5. The number of imidazole rings is 1. The number of hydrogen-bond acceptors (Lipinski definition) is 4. The van der Waals surface area contributed by atoms with Gasteiger partial charge in [-0.05, 0) is 12.1 Å². The molecule has 5 nitrogen and oxygen atoms in total. The van der Waals surface area contributed by atoms with E-state index in [1.54, 1.807) is 20.4 Å². The van der Waals surface area contributed by atoms with E-state index in [4.69, 9.17) is 9.47 Å². The lowest BCUT2D eigenvalue weighted by molar-refractivity contribution is 0.0365. The van der Waals surface area contributed by atoms with E-state index in [9.17, 15) is 0 Å². The van der Waals surface area contributed by atoms with Gasteiger partial charge in [-0.25, -0.2) is 4.98 Å². The van der Waals surface area contributed by atoms with Crippen LogP contribution in [0.2, 0.25) is 0 Å². The van der Waals surface area contributed by atoms with Crippen LogP contribution in [0.25, 0.3) is 5.65 Å². The number of aromatic nitrogens is 2. The highest BCUT2D eigenvalue weighted by Crippen LogP contribution is 2.10. The summed E-state index contributed by atoms with van der Waals surface area (Å²) in [6.45, 7) is 1.27. The molecule has 0 saturated carbocycles. The van der Waals surface area contributed by atoms with Crippen LogP contribution >= 0.6 is 0 Å². The topological polar surface area (TPSA) is 47.8 Å². The first kappa shape index (κ1) is 11.9. The van der Waals surface area contributed by atoms with Crippen LogP contribution in [-0.2, 0) is 9.47 Å². The molecule has 5 heteroatoms. The standard InChI is InChI=1S/C12H17N3O2/c1-16-9-10(17-2)8-14-12-5-3-4-11-13-6-7-15(11)12/h3-7,10,14H,8-9H2,1-2H3. The zero-order valence-corrected chi connectivity index (χ0v) is 10.1. The van der Waals surface area contributed by atoms with Gasteiger partial charge >= 0.3 is 0 Å². The number of hydrogen-bond donors (Lipinski definition) is 1. The van der Waals surface area contributed by atoms with E-state index in [0.29, 0.717) is 13.2 Å². The maximum absolute atomic E-state index is 5.29. The van der Waals surface area contributed by atoms with Crippen molar-refractivity contribution in [3.63, 3.8) is 0 Å². The predicted octanol–water partition coefficient (Wildman–Crippen LogP) is 1.41. The monoisotopic (exact) mass is 235 g/mol. The molecule has 1 atom stereocenters. The van der Waals surface area contributed by atoms with E-state index in [1.165, 1.54) is 0 Å². The minimum Gasteiger partial charge on any atom is -0.382 e. The van der Waals surface area contributed by atoms with Gasteiger partial charge in [0.15, 0.2) is 0 Å². The Balaban J connectivity index is 2.05. The highest BCUT2D eigenvalue weighted by molar-refractivity contribution is 5.49. The second-order valence-corrected chi connectivity index (χ2v) is 3.76. The van der Waals surface area contributed by atoms with Gasteiger partial charge in [-0.15, -0.1) is 0 Å². The van der Waals surface area contributed by atoms with Gasteiger partial charge < -0.3 is 14.8 Å². The molecular formula is C12H17N3O2. The van der Waals surface area contributed by atoms with Gasteiger partial charge in [-0.3, -0.25) is 4.40 Å². The Morgan fingerprint density at radius 3 is 3.06 bits per heavy atom. The van der Waals surface area contributed by atoms with Crippen LogP contribution in [0.5, 0.6) is 0 Å². The Bertz CT molecular complexity index is 469. The van der Waals surface area contributed by atoms with Crippen molar-refractivity contribution in [3.8, 4) is 0 Å². The largest absolute Gasteiger partial charge is 0.382 e. The van der Waals surface area contributed by atoms with Gasteiger partial charge in [0.25, 0.3) is 0 Å². The summed E-state index contributed by atoms with van der Waals surface area (Å²) < 4.78 is 12.4. The summed E-state index contributed by atoms with van der Waals surface area (Å²) in [5.41, 5.74) is 0.927. The molecule has 17 heavy (non-hydrogen) atoms. The molecule has 0 fully saturated rings. The third-order valence-corrected chi connectivity index (χ3v) is 2.63. The molecule has 0 aliphatic rings. The molecule has 2 rings (SSSR count). The maximum Gasteiger partial charge on any atom is 0.138 e. The first-order valence-electron chi connectivity index (χ1n) is 5.53. The lowest BCUT2D eigenvalue weighted by Gasteiger charge is -2.16. The Hall–Kier alpha value is -1.59. The summed E-state index contributed by atoms with van der Waals surface area (Å²) in [4.78, 5) is 4.23. The number of ether oxygens (including phenoxy) is 2. The molecule has 0 bridgehead atoms. The van der Waals surface area contributed by atoms with Gasteiger partial charge in [0, 0.05) is 33.2 Å². The van der Waals surface area contributed by atoms with Gasteiger partial charge in [0.1, 0.15) is 11.5 Å². The molecule has 2 aromatic rings. The van der Waals surface area contributed by atoms with Gasteiger partial charge in [0.05, 0.1) is 12.7 Å².